The maximum absolute atomic E-state index is 13.0. The third kappa shape index (κ3) is 3.03. The Bertz CT molecular complexity index is 671. The van der Waals surface area contributed by atoms with E-state index in [0.717, 1.165) is 34.1 Å². The van der Waals surface area contributed by atoms with Gasteiger partial charge in [-0.1, -0.05) is 12.1 Å². The summed E-state index contributed by atoms with van der Waals surface area (Å²) in [5.41, 5.74) is 1.92. The minimum Gasteiger partial charge on any atom is -0.330 e. The molecule has 2 heterocycles. The molecule has 2 aromatic rings. The van der Waals surface area contributed by atoms with Crippen LogP contribution in [-0.4, -0.2) is 44.9 Å². The van der Waals surface area contributed by atoms with Gasteiger partial charge in [-0.15, -0.1) is 11.8 Å². The average molecular weight is 333 g/mol. The number of amides is 1. The summed E-state index contributed by atoms with van der Waals surface area (Å²) >= 11 is 3.52. The molecule has 1 fully saturated rings. The molecule has 22 heavy (non-hydrogen) atoms. The maximum atomic E-state index is 13.0. The third-order valence-corrected chi connectivity index (χ3v) is 5.65. The van der Waals surface area contributed by atoms with Crippen LogP contribution >= 0.6 is 23.5 Å². The lowest BCUT2D eigenvalue weighted by molar-refractivity contribution is 0.0698. The highest BCUT2D eigenvalue weighted by atomic mass is 32.2. The Hall–Kier alpha value is -1.40. The first-order valence-electron chi connectivity index (χ1n) is 7.21. The van der Waals surface area contributed by atoms with Gasteiger partial charge in [-0.25, -0.2) is 0 Å². The smallest absolute Gasteiger partial charge is 0.255 e. The second-order valence-electron chi connectivity index (χ2n) is 5.24. The van der Waals surface area contributed by atoms with E-state index in [1.54, 1.807) is 16.4 Å². The molecule has 3 rings (SSSR count). The van der Waals surface area contributed by atoms with Crippen molar-refractivity contribution in [3.05, 3.63) is 47.8 Å². The molecule has 0 bridgehead atoms. The minimum absolute atomic E-state index is 0.106. The molecule has 1 unspecified atom stereocenters. The number of hydrogen-bond acceptors (Lipinski definition) is 4. The van der Waals surface area contributed by atoms with Gasteiger partial charge >= 0.3 is 0 Å². The normalized spacial score (nSPS) is 18.5. The third-order valence-electron chi connectivity index (χ3n) is 3.84. The van der Waals surface area contributed by atoms with E-state index in [2.05, 4.69) is 5.10 Å². The molecule has 0 N–H and O–H groups in total. The van der Waals surface area contributed by atoms with Crippen LogP contribution in [0.3, 0.4) is 0 Å². The van der Waals surface area contributed by atoms with Gasteiger partial charge in [-0.05, 0) is 18.4 Å². The van der Waals surface area contributed by atoms with Crippen molar-refractivity contribution in [3.8, 4) is 0 Å². The number of carbonyl (C=O) groups is 1. The summed E-state index contributed by atoms with van der Waals surface area (Å²) < 4.78 is 1.80. The molecule has 1 atom stereocenters. The van der Waals surface area contributed by atoms with Gasteiger partial charge in [0.25, 0.3) is 5.91 Å². The van der Waals surface area contributed by atoms with Gasteiger partial charge in [0.1, 0.15) is 0 Å². The van der Waals surface area contributed by atoms with E-state index in [-0.39, 0.29) is 11.9 Å². The van der Waals surface area contributed by atoms with Gasteiger partial charge in [0.05, 0.1) is 17.8 Å². The van der Waals surface area contributed by atoms with Crippen LogP contribution in [0.25, 0.3) is 0 Å². The van der Waals surface area contributed by atoms with E-state index >= 15 is 0 Å². The molecule has 1 aliphatic heterocycles. The number of thioether (sulfide) groups is 2. The van der Waals surface area contributed by atoms with Gasteiger partial charge in [-0.3, -0.25) is 9.48 Å². The number of aryl methyl sites for hydroxylation is 1. The first kappa shape index (κ1) is 15.5. The molecular formula is C16H19N3OS2. The number of aromatic nitrogens is 2. The van der Waals surface area contributed by atoms with Crippen LogP contribution in [0.1, 0.15) is 22.0 Å². The molecule has 1 aliphatic rings. The summed E-state index contributed by atoms with van der Waals surface area (Å²) in [6.45, 7) is 0.784. The zero-order chi connectivity index (χ0) is 15.5. The minimum atomic E-state index is 0.106. The van der Waals surface area contributed by atoms with E-state index in [1.807, 2.05) is 66.6 Å². The van der Waals surface area contributed by atoms with Gasteiger partial charge in [0, 0.05) is 41.8 Å². The lowest BCUT2D eigenvalue weighted by atomic mass is 10.1. The fourth-order valence-electron chi connectivity index (χ4n) is 2.71. The van der Waals surface area contributed by atoms with Crippen molar-refractivity contribution in [1.82, 2.24) is 14.7 Å². The van der Waals surface area contributed by atoms with Crippen LogP contribution in [0, 0.1) is 0 Å². The molecule has 0 saturated carbocycles. The number of hydrogen-bond donors (Lipinski definition) is 0. The molecule has 1 amide bonds. The van der Waals surface area contributed by atoms with Crippen LogP contribution in [0.2, 0.25) is 0 Å². The predicted molar refractivity (Wildman–Crippen MR) is 92.5 cm³/mol. The van der Waals surface area contributed by atoms with Gasteiger partial charge < -0.3 is 4.90 Å². The van der Waals surface area contributed by atoms with Gasteiger partial charge in [-0.2, -0.15) is 16.9 Å². The lowest BCUT2D eigenvalue weighted by Gasteiger charge is -2.35. The molecule has 0 radical (unpaired) electrons. The van der Waals surface area contributed by atoms with Crippen molar-refractivity contribution >= 4 is 29.4 Å². The zero-order valence-corrected chi connectivity index (χ0v) is 14.4. The fraction of sp³-hybridized carbons (Fsp3) is 0.375. The summed E-state index contributed by atoms with van der Waals surface area (Å²) in [5.74, 6) is 2.04. The Morgan fingerprint density at radius 3 is 2.95 bits per heavy atom. The number of rotatable bonds is 3. The van der Waals surface area contributed by atoms with Crippen molar-refractivity contribution in [2.75, 3.05) is 24.3 Å². The quantitative estimate of drug-likeness (QED) is 0.809. The lowest BCUT2D eigenvalue weighted by Crippen LogP contribution is -2.40. The number of benzene rings is 1. The summed E-state index contributed by atoms with van der Waals surface area (Å²) in [6, 6.07) is 7.96. The van der Waals surface area contributed by atoms with Gasteiger partial charge in [0.15, 0.2) is 0 Å². The number of carbonyl (C=O) groups excluding carboxylic acids is 1. The van der Waals surface area contributed by atoms with E-state index in [4.69, 9.17) is 0 Å². The van der Waals surface area contributed by atoms with Crippen LogP contribution in [0.5, 0.6) is 0 Å². The Morgan fingerprint density at radius 2 is 2.23 bits per heavy atom. The summed E-state index contributed by atoms with van der Waals surface area (Å²) in [6.07, 6.45) is 5.89. The summed E-state index contributed by atoms with van der Waals surface area (Å²) in [7, 11) is 1.91. The fourth-order valence-corrected chi connectivity index (χ4v) is 4.39. The molecule has 1 saturated heterocycles. The van der Waals surface area contributed by atoms with E-state index < -0.39 is 0 Å². The Morgan fingerprint density at radius 1 is 1.41 bits per heavy atom. The second kappa shape index (κ2) is 6.79. The molecular weight excluding hydrogens is 314 g/mol. The first-order valence-corrected chi connectivity index (χ1v) is 9.59. The molecule has 1 aromatic heterocycles. The standard InChI is InChI=1S/C16H19N3OS2/c1-18-10-12(9-17-18)14-11-22-8-7-19(14)16(20)13-5-3-4-6-15(13)21-2/h3-6,9-10,14H,7-8,11H2,1-2H3. The van der Waals surface area contributed by atoms with E-state index in [0.29, 0.717) is 0 Å². The molecule has 6 heteroatoms. The Labute approximate surface area is 139 Å². The average Bonchev–Trinajstić information content (AvgIpc) is 3.00. The number of nitrogens with zero attached hydrogens (tertiary/aromatic N) is 3. The highest BCUT2D eigenvalue weighted by Gasteiger charge is 2.30. The van der Waals surface area contributed by atoms with Crippen LogP contribution in [0.4, 0.5) is 0 Å². The first-order chi connectivity index (χ1) is 10.7. The molecule has 0 aliphatic carbocycles. The van der Waals surface area contributed by atoms with E-state index in [1.165, 1.54) is 0 Å². The topological polar surface area (TPSA) is 38.1 Å². The monoisotopic (exact) mass is 333 g/mol. The highest BCUT2D eigenvalue weighted by Crippen LogP contribution is 2.32. The van der Waals surface area contributed by atoms with Crippen molar-refractivity contribution in [3.63, 3.8) is 0 Å². The van der Waals surface area contributed by atoms with Gasteiger partial charge in [0.2, 0.25) is 0 Å². The van der Waals surface area contributed by atoms with Crippen molar-refractivity contribution in [2.45, 2.75) is 10.9 Å². The maximum Gasteiger partial charge on any atom is 0.255 e. The van der Waals surface area contributed by atoms with Crippen LogP contribution in [-0.2, 0) is 7.05 Å². The summed E-state index contributed by atoms with van der Waals surface area (Å²) in [4.78, 5) is 16.1. The zero-order valence-electron chi connectivity index (χ0n) is 12.7. The molecule has 0 spiro atoms. The van der Waals surface area contributed by atoms with E-state index in [9.17, 15) is 4.79 Å². The molecule has 4 nitrogen and oxygen atoms in total. The Balaban J connectivity index is 1.91. The second-order valence-corrected chi connectivity index (χ2v) is 7.23. The Kier molecular flexibility index (Phi) is 4.78. The van der Waals surface area contributed by atoms with Crippen molar-refractivity contribution in [1.29, 1.82) is 0 Å². The summed E-state index contributed by atoms with van der Waals surface area (Å²) in [5, 5.41) is 4.26. The molecule has 116 valence electrons. The molecule has 1 aromatic carbocycles. The van der Waals surface area contributed by atoms with Crippen molar-refractivity contribution < 1.29 is 4.79 Å². The van der Waals surface area contributed by atoms with Crippen LogP contribution in [0.15, 0.2) is 41.6 Å². The highest BCUT2D eigenvalue weighted by molar-refractivity contribution is 7.99. The predicted octanol–water partition coefficient (Wildman–Crippen LogP) is 3.07. The van der Waals surface area contributed by atoms with Crippen molar-refractivity contribution in [2.24, 2.45) is 7.05 Å². The SMILES string of the molecule is CSc1ccccc1C(=O)N1CCSCC1c1cnn(C)c1. The van der Waals surface area contributed by atoms with Crippen LogP contribution < -0.4 is 0 Å². The largest absolute Gasteiger partial charge is 0.330 e.